The van der Waals surface area contributed by atoms with Gasteiger partial charge in [-0.3, -0.25) is 9.69 Å². The molecule has 0 N–H and O–H groups in total. The van der Waals surface area contributed by atoms with E-state index < -0.39 is 0 Å². The lowest BCUT2D eigenvalue weighted by atomic mass is 10.1. The molecule has 0 radical (unpaired) electrons. The Labute approximate surface area is 195 Å². The van der Waals surface area contributed by atoms with Crippen molar-refractivity contribution in [1.82, 2.24) is 15.0 Å². The number of aromatic nitrogens is 1. The molecule has 1 aliphatic rings. The van der Waals surface area contributed by atoms with Crippen molar-refractivity contribution in [2.75, 3.05) is 26.2 Å². The summed E-state index contributed by atoms with van der Waals surface area (Å²) in [5.74, 6) is 0.650. The Kier molecular flexibility index (Phi) is 6.98. The first-order valence-electron chi connectivity index (χ1n) is 10.2. The van der Waals surface area contributed by atoms with E-state index in [9.17, 15) is 9.18 Å². The van der Waals surface area contributed by atoms with Crippen LogP contribution in [0, 0.1) is 12.7 Å². The van der Waals surface area contributed by atoms with Crippen molar-refractivity contribution >= 4 is 29.1 Å². The summed E-state index contributed by atoms with van der Waals surface area (Å²) in [6.07, 6.45) is 0. The molecule has 1 saturated heterocycles. The molecule has 2 heterocycles. The van der Waals surface area contributed by atoms with Gasteiger partial charge in [-0.15, -0.1) is 0 Å². The summed E-state index contributed by atoms with van der Waals surface area (Å²) in [6.45, 7) is 4.96. The fourth-order valence-electron chi connectivity index (χ4n) is 3.57. The van der Waals surface area contributed by atoms with E-state index in [4.69, 9.17) is 32.5 Å². The van der Waals surface area contributed by atoms with E-state index in [0.29, 0.717) is 59.8 Å². The Balaban J connectivity index is 1.36. The van der Waals surface area contributed by atoms with Crippen LogP contribution in [0.4, 0.5) is 4.39 Å². The van der Waals surface area contributed by atoms with Gasteiger partial charge in [0.25, 0.3) is 5.91 Å². The summed E-state index contributed by atoms with van der Waals surface area (Å²) < 4.78 is 24.3. The van der Waals surface area contributed by atoms with Crippen LogP contribution in [0.15, 0.2) is 47.0 Å². The highest BCUT2D eigenvalue weighted by molar-refractivity contribution is 6.31. The molecule has 0 saturated carbocycles. The third-order valence-corrected chi connectivity index (χ3v) is 6.06. The second-order valence-corrected chi connectivity index (χ2v) is 8.46. The zero-order valence-electron chi connectivity index (χ0n) is 17.5. The minimum Gasteiger partial charge on any atom is -0.489 e. The highest BCUT2D eigenvalue weighted by Crippen LogP contribution is 2.23. The van der Waals surface area contributed by atoms with Gasteiger partial charge < -0.3 is 14.2 Å². The minimum atomic E-state index is -0.354. The van der Waals surface area contributed by atoms with Crippen molar-refractivity contribution in [2.24, 2.45) is 0 Å². The van der Waals surface area contributed by atoms with Crippen LogP contribution in [0.2, 0.25) is 10.0 Å². The van der Waals surface area contributed by atoms with Gasteiger partial charge in [0.05, 0.1) is 5.56 Å². The summed E-state index contributed by atoms with van der Waals surface area (Å²) in [6, 6.07) is 11.4. The number of rotatable bonds is 6. The highest BCUT2D eigenvalue weighted by atomic mass is 35.5. The molecule has 0 bridgehead atoms. The molecular weight excluding hydrogens is 456 g/mol. The van der Waals surface area contributed by atoms with Crippen LogP contribution in [0.1, 0.15) is 27.4 Å². The van der Waals surface area contributed by atoms with E-state index in [-0.39, 0.29) is 24.0 Å². The molecule has 4 rings (SSSR count). The molecule has 2 aromatic carbocycles. The van der Waals surface area contributed by atoms with Crippen molar-refractivity contribution in [2.45, 2.75) is 20.1 Å². The standard InChI is InChI=1S/C23H22Cl2FN3O3/c1-15-20(14-31-19-6-3-17(24)4-7-19)22(27-32-15)23(30)29-10-8-28(9-11-29)13-16-2-5-18(26)12-21(16)25/h2-7,12H,8-11,13-14H2,1H3. The summed E-state index contributed by atoms with van der Waals surface area (Å²) in [7, 11) is 0. The second-order valence-electron chi connectivity index (χ2n) is 7.61. The van der Waals surface area contributed by atoms with E-state index in [2.05, 4.69) is 10.1 Å². The molecule has 3 aromatic rings. The summed E-state index contributed by atoms with van der Waals surface area (Å²) in [5, 5.41) is 5.02. The number of carbonyl (C=O) groups is 1. The summed E-state index contributed by atoms with van der Waals surface area (Å²) >= 11 is 12.0. The van der Waals surface area contributed by atoms with Gasteiger partial charge in [-0.2, -0.15) is 0 Å². The van der Waals surface area contributed by atoms with E-state index in [1.165, 1.54) is 12.1 Å². The van der Waals surface area contributed by atoms with Crippen LogP contribution < -0.4 is 4.74 Å². The Morgan fingerprint density at radius 3 is 2.53 bits per heavy atom. The fourth-order valence-corrected chi connectivity index (χ4v) is 3.92. The number of piperazine rings is 1. The molecule has 0 atom stereocenters. The third-order valence-electron chi connectivity index (χ3n) is 5.45. The smallest absolute Gasteiger partial charge is 0.276 e. The molecule has 1 aromatic heterocycles. The Morgan fingerprint density at radius 1 is 1.12 bits per heavy atom. The lowest BCUT2D eigenvalue weighted by Crippen LogP contribution is -2.48. The molecule has 1 fully saturated rings. The number of halogens is 3. The van der Waals surface area contributed by atoms with Crippen molar-refractivity contribution in [1.29, 1.82) is 0 Å². The average molecular weight is 478 g/mol. The number of amides is 1. The summed E-state index contributed by atoms with van der Waals surface area (Å²) in [5.41, 5.74) is 1.76. The van der Waals surface area contributed by atoms with Crippen LogP contribution >= 0.6 is 23.2 Å². The van der Waals surface area contributed by atoms with Gasteiger partial charge in [-0.25, -0.2) is 4.39 Å². The first-order chi connectivity index (χ1) is 15.4. The maximum absolute atomic E-state index is 13.3. The molecule has 6 nitrogen and oxygen atoms in total. The van der Waals surface area contributed by atoms with Gasteiger partial charge in [-0.1, -0.05) is 34.4 Å². The van der Waals surface area contributed by atoms with E-state index in [1.54, 1.807) is 42.2 Å². The molecule has 32 heavy (non-hydrogen) atoms. The topological polar surface area (TPSA) is 58.8 Å². The number of nitrogens with zero attached hydrogens (tertiary/aromatic N) is 3. The number of aryl methyl sites for hydroxylation is 1. The van der Waals surface area contributed by atoms with Crippen molar-refractivity contribution < 1.29 is 18.4 Å². The highest BCUT2D eigenvalue weighted by Gasteiger charge is 2.28. The van der Waals surface area contributed by atoms with Crippen LogP contribution in [-0.4, -0.2) is 47.0 Å². The predicted octanol–water partition coefficient (Wildman–Crippen LogP) is 4.97. The molecule has 9 heteroatoms. The number of hydrogen-bond acceptors (Lipinski definition) is 5. The number of carbonyl (C=O) groups excluding carboxylic acids is 1. The maximum Gasteiger partial charge on any atom is 0.276 e. The zero-order valence-corrected chi connectivity index (χ0v) is 19.0. The Hall–Kier alpha value is -2.61. The van der Waals surface area contributed by atoms with Crippen molar-refractivity contribution in [3.05, 3.63) is 80.9 Å². The monoisotopic (exact) mass is 477 g/mol. The molecule has 1 aliphatic heterocycles. The average Bonchev–Trinajstić information content (AvgIpc) is 3.15. The van der Waals surface area contributed by atoms with Crippen molar-refractivity contribution in [3.8, 4) is 5.75 Å². The predicted molar refractivity (Wildman–Crippen MR) is 120 cm³/mol. The van der Waals surface area contributed by atoms with Crippen LogP contribution in [0.3, 0.4) is 0 Å². The first-order valence-corrected chi connectivity index (χ1v) is 11.0. The summed E-state index contributed by atoms with van der Waals surface area (Å²) in [4.78, 5) is 17.0. The van der Waals surface area contributed by atoms with Crippen LogP contribution in [0.5, 0.6) is 5.75 Å². The van der Waals surface area contributed by atoms with Gasteiger partial charge in [-0.05, 0) is 48.9 Å². The third kappa shape index (κ3) is 5.23. The van der Waals surface area contributed by atoms with Gasteiger partial charge in [0.15, 0.2) is 5.69 Å². The van der Waals surface area contributed by atoms with E-state index >= 15 is 0 Å². The second kappa shape index (κ2) is 9.90. The van der Waals surface area contributed by atoms with Gasteiger partial charge in [0.2, 0.25) is 0 Å². The van der Waals surface area contributed by atoms with E-state index in [0.717, 1.165) is 5.56 Å². The Bertz CT molecular complexity index is 1100. The molecule has 0 aliphatic carbocycles. The minimum absolute atomic E-state index is 0.168. The maximum atomic E-state index is 13.3. The lowest BCUT2D eigenvalue weighted by molar-refractivity contribution is 0.0616. The number of ether oxygens (including phenoxy) is 1. The van der Waals surface area contributed by atoms with E-state index in [1.807, 2.05) is 0 Å². The Morgan fingerprint density at radius 2 is 1.84 bits per heavy atom. The largest absolute Gasteiger partial charge is 0.489 e. The van der Waals surface area contributed by atoms with Crippen LogP contribution in [0.25, 0.3) is 0 Å². The van der Waals surface area contributed by atoms with Gasteiger partial charge in [0, 0.05) is 42.8 Å². The molecule has 1 amide bonds. The molecule has 168 valence electrons. The van der Waals surface area contributed by atoms with Gasteiger partial charge >= 0.3 is 0 Å². The molecule has 0 unspecified atom stereocenters. The molecular formula is C23H22Cl2FN3O3. The lowest BCUT2D eigenvalue weighted by Gasteiger charge is -2.34. The SMILES string of the molecule is Cc1onc(C(=O)N2CCN(Cc3ccc(F)cc3Cl)CC2)c1COc1ccc(Cl)cc1. The first kappa shape index (κ1) is 22.6. The van der Waals surface area contributed by atoms with Crippen molar-refractivity contribution in [3.63, 3.8) is 0 Å². The normalized spacial score (nSPS) is 14.6. The van der Waals surface area contributed by atoms with Crippen LogP contribution in [-0.2, 0) is 13.2 Å². The zero-order chi connectivity index (χ0) is 22.7. The number of benzene rings is 2. The number of hydrogen-bond donors (Lipinski definition) is 0. The van der Waals surface area contributed by atoms with Gasteiger partial charge in [0.1, 0.15) is 23.9 Å². The molecule has 0 spiro atoms. The fraction of sp³-hybridized carbons (Fsp3) is 0.304. The quantitative estimate of drug-likeness (QED) is 0.501.